The van der Waals surface area contributed by atoms with Crippen LogP contribution in [0.25, 0.3) is 21.9 Å². The predicted octanol–water partition coefficient (Wildman–Crippen LogP) is 3.93. The van der Waals surface area contributed by atoms with E-state index in [1.54, 1.807) is 0 Å². The third-order valence-corrected chi connectivity index (χ3v) is 4.80. The minimum atomic E-state index is -0.332. The molecule has 0 aliphatic heterocycles. The quantitative estimate of drug-likeness (QED) is 0.542. The first-order valence-electron chi connectivity index (χ1n) is 8.69. The van der Waals surface area contributed by atoms with E-state index in [2.05, 4.69) is 13.0 Å². The average molecular weight is 343 g/mol. The molecule has 0 radical (unpaired) electrons. The lowest BCUT2D eigenvalue weighted by molar-refractivity contribution is 0.135. The Bertz CT molecular complexity index is 967. The normalized spacial score (nSPS) is 13.0. The van der Waals surface area contributed by atoms with Crippen molar-refractivity contribution in [2.45, 2.75) is 40.0 Å². The summed E-state index contributed by atoms with van der Waals surface area (Å²) in [5.74, 6) is 1.20. The number of aryl methyl sites for hydroxylation is 3. The van der Waals surface area contributed by atoms with E-state index in [0.717, 1.165) is 39.7 Å². The van der Waals surface area contributed by atoms with E-state index >= 15 is 0 Å². The van der Waals surface area contributed by atoms with Crippen LogP contribution in [0.15, 0.2) is 25.8 Å². The summed E-state index contributed by atoms with van der Waals surface area (Å²) in [6.07, 6.45) is 0.898. The molecule has 0 amide bonds. The third-order valence-electron chi connectivity index (χ3n) is 4.80. The fourth-order valence-corrected chi connectivity index (χ4v) is 3.52. The van der Waals surface area contributed by atoms with Gasteiger partial charge < -0.3 is 19.3 Å². The summed E-state index contributed by atoms with van der Waals surface area (Å²) in [6.45, 7) is 9.83. The van der Waals surface area contributed by atoms with E-state index in [0.29, 0.717) is 31.3 Å². The molecular weight excluding hydrogens is 318 g/mol. The maximum absolute atomic E-state index is 11.7. The van der Waals surface area contributed by atoms with E-state index < -0.39 is 0 Å². The van der Waals surface area contributed by atoms with Gasteiger partial charge in [-0.1, -0.05) is 6.92 Å². The first kappa shape index (κ1) is 17.7. The number of benzene rings is 1. The van der Waals surface area contributed by atoms with Crippen molar-refractivity contribution in [3.8, 4) is 0 Å². The van der Waals surface area contributed by atoms with Gasteiger partial charge in [-0.15, -0.1) is 0 Å². The van der Waals surface area contributed by atoms with Crippen molar-refractivity contribution in [2.24, 2.45) is 5.73 Å². The highest BCUT2D eigenvalue weighted by atomic mass is 16.5. The molecule has 3 aromatic rings. The largest absolute Gasteiger partial charge is 0.461 e. The van der Waals surface area contributed by atoms with E-state index in [1.807, 2.05) is 20.8 Å². The Morgan fingerprint density at radius 3 is 2.52 bits per heavy atom. The maximum atomic E-state index is 11.7. The van der Waals surface area contributed by atoms with Gasteiger partial charge in [0, 0.05) is 41.1 Å². The second-order valence-electron chi connectivity index (χ2n) is 6.67. The van der Waals surface area contributed by atoms with Crippen LogP contribution in [0.1, 0.15) is 41.7 Å². The Kier molecular flexibility index (Phi) is 4.97. The predicted molar refractivity (Wildman–Crippen MR) is 99.4 cm³/mol. The Labute approximate surface area is 146 Å². The summed E-state index contributed by atoms with van der Waals surface area (Å²) >= 11 is 0. The van der Waals surface area contributed by atoms with Crippen LogP contribution >= 0.6 is 0 Å². The number of furan rings is 1. The molecule has 0 bridgehead atoms. The summed E-state index contributed by atoms with van der Waals surface area (Å²) in [7, 11) is 0. The molecule has 0 spiro atoms. The molecule has 0 aliphatic rings. The minimum absolute atomic E-state index is 0.298. The van der Waals surface area contributed by atoms with Crippen LogP contribution in [0.3, 0.4) is 0 Å². The number of fused-ring (bicyclic) bond motifs is 2. The van der Waals surface area contributed by atoms with Crippen molar-refractivity contribution in [3.63, 3.8) is 0 Å². The van der Waals surface area contributed by atoms with Gasteiger partial charge in [0.25, 0.3) is 0 Å². The highest BCUT2D eigenvalue weighted by molar-refractivity contribution is 6.00. The smallest absolute Gasteiger partial charge is 0.336 e. The average Bonchev–Trinajstić information content (AvgIpc) is 2.89. The summed E-state index contributed by atoms with van der Waals surface area (Å²) in [4.78, 5) is 11.7. The minimum Gasteiger partial charge on any atom is -0.461 e. The van der Waals surface area contributed by atoms with Crippen molar-refractivity contribution < 1.29 is 13.6 Å². The van der Waals surface area contributed by atoms with Gasteiger partial charge in [-0.3, -0.25) is 0 Å². The third kappa shape index (κ3) is 3.22. The van der Waals surface area contributed by atoms with Crippen LogP contribution < -0.4 is 11.4 Å². The topological polar surface area (TPSA) is 78.6 Å². The Balaban J connectivity index is 2.11. The van der Waals surface area contributed by atoms with Crippen molar-refractivity contribution in [2.75, 3.05) is 19.8 Å². The van der Waals surface area contributed by atoms with Gasteiger partial charge in [0.1, 0.15) is 16.9 Å². The zero-order valence-electron chi connectivity index (χ0n) is 15.3. The van der Waals surface area contributed by atoms with Crippen molar-refractivity contribution in [1.29, 1.82) is 0 Å². The second-order valence-corrected chi connectivity index (χ2v) is 6.67. The molecule has 134 valence electrons. The lowest BCUT2D eigenvalue weighted by Gasteiger charge is -2.12. The van der Waals surface area contributed by atoms with Crippen LogP contribution in [0.5, 0.6) is 0 Å². The van der Waals surface area contributed by atoms with Crippen LogP contribution in [0.4, 0.5) is 0 Å². The first-order valence-corrected chi connectivity index (χ1v) is 8.69. The number of nitrogens with two attached hydrogens (primary N) is 1. The van der Waals surface area contributed by atoms with Crippen LogP contribution in [-0.4, -0.2) is 19.8 Å². The molecule has 2 heterocycles. The fourth-order valence-electron chi connectivity index (χ4n) is 3.52. The SMILES string of the molecule is Cc1oc2c(C)c3oc(=O)cc(C)c3cc2c1C(C)CCOCCN. The van der Waals surface area contributed by atoms with E-state index in [9.17, 15) is 4.79 Å². The monoisotopic (exact) mass is 343 g/mol. The van der Waals surface area contributed by atoms with Gasteiger partial charge in [0.15, 0.2) is 0 Å². The van der Waals surface area contributed by atoms with E-state index in [-0.39, 0.29) is 5.63 Å². The molecule has 0 aliphatic carbocycles. The van der Waals surface area contributed by atoms with Crippen molar-refractivity contribution in [3.05, 3.63) is 45.0 Å². The molecule has 0 saturated heterocycles. The zero-order valence-corrected chi connectivity index (χ0v) is 15.3. The van der Waals surface area contributed by atoms with E-state index in [1.165, 1.54) is 11.6 Å². The summed E-state index contributed by atoms with van der Waals surface area (Å²) in [6, 6.07) is 3.61. The van der Waals surface area contributed by atoms with E-state index in [4.69, 9.17) is 19.3 Å². The maximum Gasteiger partial charge on any atom is 0.336 e. The van der Waals surface area contributed by atoms with Gasteiger partial charge >= 0.3 is 5.63 Å². The highest BCUT2D eigenvalue weighted by Gasteiger charge is 2.21. The van der Waals surface area contributed by atoms with Gasteiger partial charge in [-0.2, -0.15) is 0 Å². The zero-order chi connectivity index (χ0) is 18.1. The molecule has 5 heteroatoms. The number of ether oxygens (including phenoxy) is 1. The molecule has 2 aromatic heterocycles. The van der Waals surface area contributed by atoms with Crippen LogP contribution in [0, 0.1) is 20.8 Å². The van der Waals surface area contributed by atoms with Crippen molar-refractivity contribution >= 4 is 21.9 Å². The molecule has 1 atom stereocenters. The molecule has 0 saturated carbocycles. The second kappa shape index (κ2) is 7.02. The Morgan fingerprint density at radius 2 is 1.80 bits per heavy atom. The molecule has 2 N–H and O–H groups in total. The Hall–Kier alpha value is -2.11. The first-order chi connectivity index (χ1) is 11.9. The van der Waals surface area contributed by atoms with Crippen molar-refractivity contribution in [1.82, 2.24) is 0 Å². The molecule has 0 fully saturated rings. The number of hydrogen-bond donors (Lipinski definition) is 1. The van der Waals surface area contributed by atoms with Gasteiger partial charge in [-0.05, 0) is 44.7 Å². The van der Waals surface area contributed by atoms with Crippen LogP contribution in [0.2, 0.25) is 0 Å². The fraction of sp³-hybridized carbons (Fsp3) is 0.450. The molecule has 3 rings (SSSR count). The number of hydrogen-bond acceptors (Lipinski definition) is 5. The van der Waals surface area contributed by atoms with Gasteiger partial charge in [-0.25, -0.2) is 4.79 Å². The molecule has 1 aromatic carbocycles. The molecular formula is C20H25NO4. The van der Waals surface area contributed by atoms with Crippen LogP contribution in [-0.2, 0) is 4.74 Å². The summed E-state index contributed by atoms with van der Waals surface area (Å²) in [5.41, 5.74) is 9.52. The highest BCUT2D eigenvalue weighted by Crippen LogP contribution is 2.38. The lowest BCUT2D eigenvalue weighted by Crippen LogP contribution is -2.10. The molecule has 5 nitrogen and oxygen atoms in total. The summed E-state index contributed by atoms with van der Waals surface area (Å²) < 4.78 is 17.0. The lowest BCUT2D eigenvalue weighted by atomic mass is 9.93. The summed E-state index contributed by atoms with van der Waals surface area (Å²) in [5, 5.41) is 2.05. The molecule has 1 unspecified atom stereocenters. The Morgan fingerprint density at radius 1 is 1.08 bits per heavy atom. The molecule has 25 heavy (non-hydrogen) atoms. The number of rotatable bonds is 6. The van der Waals surface area contributed by atoms with Gasteiger partial charge in [0.2, 0.25) is 0 Å². The van der Waals surface area contributed by atoms with Gasteiger partial charge in [0.05, 0.1) is 6.61 Å². The standard InChI is InChI=1S/C20H25NO4/c1-11(5-7-23-8-6-21)18-14(4)24-20-13(3)19-15(10-16(18)20)12(2)9-17(22)25-19/h9-11H,5-8,21H2,1-4H3.